The Bertz CT molecular complexity index is 1110. The van der Waals surface area contributed by atoms with Crippen LogP contribution in [0.1, 0.15) is 36.1 Å². The third-order valence-corrected chi connectivity index (χ3v) is 6.30. The number of fused-ring (bicyclic) bond motifs is 8. The smallest absolute Gasteiger partial charge is 0.302 e. The number of esters is 1. The molecule has 0 saturated heterocycles. The Morgan fingerprint density at radius 1 is 1.10 bits per heavy atom. The van der Waals surface area contributed by atoms with Crippen LogP contribution in [-0.2, 0) is 27.9 Å². The van der Waals surface area contributed by atoms with E-state index in [2.05, 4.69) is 6.92 Å². The fraction of sp³-hybridized carbons (Fsp3) is 0.364. The van der Waals surface area contributed by atoms with Crippen LogP contribution in [0.5, 0.6) is 23.0 Å². The van der Waals surface area contributed by atoms with Gasteiger partial charge in [-0.2, -0.15) is 0 Å². The summed E-state index contributed by atoms with van der Waals surface area (Å²) in [5.41, 5.74) is 4.40. The van der Waals surface area contributed by atoms with Gasteiger partial charge in [0, 0.05) is 24.5 Å². The van der Waals surface area contributed by atoms with E-state index in [0.717, 1.165) is 45.2 Å². The molecule has 0 saturated carbocycles. The van der Waals surface area contributed by atoms with Crippen LogP contribution in [0.2, 0.25) is 0 Å². The minimum atomic E-state index is -0.610. The Balaban J connectivity index is 1.58. The Kier molecular flexibility index (Phi) is 3.26. The molecule has 0 fully saturated rings. The summed E-state index contributed by atoms with van der Waals surface area (Å²) in [5, 5.41) is 0. The van der Waals surface area contributed by atoms with Crippen LogP contribution < -0.4 is 18.9 Å². The number of hydrogen-bond donors (Lipinski definition) is 0. The van der Waals surface area contributed by atoms with Crippen LogP contribution in [0.15, 0.2) is 29.3 Å². The van der Waals surface area contributed by atoms with Crippen LogP contribution in [0, 0.1) is 0 Å². The highest BCUT2D eigenvalue weighted by Crippen LogP contribution is 2.51. The van der Waals surface area contributed by atoms with Gasteiger partial charge in [0.15, 0.2) is 23.0 Å². The average molecular weight is 393 g/mol. The van der Waals surface area contributed by atoms with Gasteiger partial charge in [-0.05, 0) is 36.2 Å². The van der Waals surface area contributed by atoms with Crippen molar-refractivity contribution in [3.8, 4) is 23.0 Å². The van der Waals surface area contributed by atoms with E-state index in [1.807, 2.05) is 24.3 Å². The molecule has 4 aliphatic rings. The van der Waals surface area contributed by atoms with E-state index in [4.69, 9.17) is 28.7 Å². The second-order valence-electron chi connectivity index (χ2n) is 7.86. The van der Waals surface area contributed by atoms with Crippen LogP contribution in [0.3, 0.4) is 0 Å². The topological polar surface area (TPSA) is 75.6 Å². The first kappa shape index (κ1) is 16.7. The normalized spacial score (nSPS) is 24.9. The lowest BCUT2D eigenvalue weighted by atomic mass is 9.63. The summed E-state index contributed by atoms with van der Waals surface area (Å²) in [6.45, 7) is 4.43. The Morgan fingerprint density at radius 3 is 2.69 bits per heavy atom. The first-order valence-electron chi connectivity index (χ1n) is 9.62. The molecule has 0 N–H and O–H groups in total. The second-order valence-corrected chi connectivity index (χ2v) is 7.86. The monoisotopic (exact) mass is 393 g/mol. The van der Waals surface area contributed by atoms with Gasteiger partial charge in [-0.15, -0.1) is 0 Å². The van der Waals surface area contributed by atoms with E-state index >= 15 is 0 Å². The number of aliphatic imine (C=N–C) groups is 1. The van der Waals surface area contributed by atoms with Crippen LogP contribution in [0.25, 0.3) is 0 Å². The molecule has 0 spiro atoms. The van der Waals surface area contributed by atoms with E-state index in [1.54, 1.807) is 0 Å². The van der Waals surface area contributed by atoms with Crippen molar-refractivity contribution < 1.29 is 28.5 Å². The SMILES string of the molecule is CC(=O)O[C@H]1Cc2cc3c(cc2C2=NCc4c(ccc5c4OCO5)[C@]21C)OCO3. The Hall–Kier alpha value is -3.22. The van der Waals surface area contributed by atoms with Gasteiger partial charge in [0.1, 0.15) is 6.10 Å². The fourth-order valence-corrected chi connectivity index (χ4v) is 4.95. The maximum atomic E-state index is 12.0. The van der Waals surface area contributed by atoms with Gasteiger partial charge >= 0.3 is 5.97 Å². The lowest BCUT2D eigenvalue weighted by Gasteiger charge is -2.45. The van der Waals surface area contributed by atoms with E-state index < -0.39 is 11.5 Å². The molecular weight excluding hydrogens is 374 g/mol. The summed E-state index contributed by atoms with van der Waals surface area (Å²) in [6, 6.07) is 7.95. The highest BCUT2D eigenvalue weighted by atomic mass is 16.7. The largest absolute Gasteiger partial charge is 0.461 e. The molecular formula is C22H19NO6. The standard InChI is InChI=1S/C22H19NO6/c1-11(24)29-19-6-12-5-17-18(27-9-26-17)7-13(12)21-22(19,2)15-3-4-16-20(28-10-25-16)14(15)8-23-21/h3-5,7,19H,6,8-10H2,1-2H3/t19-,22-/m0/s1. The van der Waals surface area contributed by atoms with E-state index in [1.165, 1.54) is 6.92 Å². The summed E-state index contributed by atoms with van der Waals surface area (Å²) < 4.78 is 28.3. The molecule has 3 heterocycles. The van der Waals surface area contributed by atoms with Crippen LogP contribution in [-0.4, -0.2) is 31.4 Å². The summed E-state index contributed by atoms with van der Waals surface area (Å²) in [6.07, 6.45) is 0.167. The molecule has 0 aromatic heterocycles. The number of carbonyl (C=O) groups is 1. The van der Waals surface area contributed by atoms with Crippen molar-refractivity contribution >= 4 is 11.7 Å². The minimum absolute atomic E-state index is 0.207. The number of ether oxygens (including phenoxy) is 5. The molecule has 148 valence electrons. The molecule has 2 aromatic carbocycles. The number of rotatable bonds is 1. The van der Waals surface area contributed by atoms with E-state index in [9.17, 15) is 4.79 Å². The lowest BCUT2D eigenvalue weighted by molar-refractivity contribution is -0.148. The van der Waals surface area contributed by atoms with E-state index in [-0.39, 0.29) is 19.6 Å². The zero-order valence-electron chi connectivity index (χ0n) is 16.1. The number of benzene rings is 2. The summed E-state index contributed by atoms with van der Waals surface area (Å²) in [4.78, 5) is 16.9. The van der Waals surface area contributed by atoms with Crippen molar-refractivity contribution in [2.75, 3.05) is 13.6 Å². The fourth-order valence-electron chi connectivity index (χ4n) is 4.95. The number of nitrogens with zero attached hydrogens (tertiary/aromatic N) is 1. The third-order valence-electron chi connectivity index (χ3n) is 6.30. The van der Waals surface area contributed by atoms with Gasteiger partial charge in [0.05, 0.1) is 17.7 Å². The average Bonchev–Trinajstić information content (AvgIpc) is 3.35. The predicted molar refractivity (Wildman–Crippen MR) is 102 cm³/mol. The Morgan fingerprint density at radius 2 is 1.86 bits per heavy atom. The first-order valence-corrected chi connectivity index (χ1v) is 9.62. The van der Waals surface area contributed by atoms with Gasteiger partial charge in [-0.1, -0.05) is 6.07 Å². The molecule has 7 nitrogen and oxygen atoms in total. The van der Waals surface area contributed by atoms with Gasteiger partial charge < -0.3 is 23.7 Å². The molecule has 2 atom stereocenters. The van der Waals surface area contributed by atoms with Crippen molar-refractivity contribution in [3.05, 3.63) is 46.5 Å². The van der Waals surface area contributed by atoms with Crippen molar-refractivity contribution in [2.24, 2.45) is 4.99 Å². The zero-order chi connectivity index (χ0) is 19.8. The molecule has 0 radical (unpaired) electrons. The predicted octanol–water partition coefficient (Wildman–Crippen LogP) is 2.89. The Labute approximate surface area is 167 Å². The van der Waals surface area contributed by atoms with Crippen molar-refractivity contribution in [3.63, 3.8) is 0 Å². The maximum Gasteiger partial charge on any atom is 0.302 e. The third kappa shape index (κ3) is 2.18. The first-order chi connectivity index (χ1) is 14.1. The van der Waals surface area contributed by atoms with Gasteiger partial charge in [0.2, 0.25) is 13.6 Å². The summed E-state index contributed by atoms with van der Waals surface area (Å²) in [5.74, 6) is 2.59. The number of hydrogen-bond acceptors (Lipinski definition) is 7. The van der Waals surface area contributed by atoms with Crippen LogP contribution in [0.4, 0.5) is 0 Å². The summed E-state index contributed by atoms with van der Waals surface area (Å²) >= 11 is 0. The van der Waals surface area contributed by atoms with Crippen molar-refractivity contribution in [2.45, 2.75) is 38.3 Å². The molecule has 0 bridgehead atoms. The second kappa shape index (κ2) is 5.65. The molecule has 7 heteroatoms. The molecule has 3 aliphatic heterocycles. The maximum absolute atomic E-state index is 12.0. The molecule has 0 amide bonds. The molecule has 0 unspecified atom stereocenters. The van der Waals surface area contributed by atoms with Gasteiger partial charge in [0.25, 0.3) is 0 Å². The van der Waals surface area contributed by atoms with Gasteiger partial charge in [-0.25, -0.2) is 0 Å². The minimum Gasteiger partial charge on any atom is -0.461 e. The van der Waals surface area contributed by atoms with E-state index in [0.29, 0.717) is 18.7 Å². The molecule has 29 heavy (non-hydrogen) atoms. The van der Waals surface area contributed by atoms with Crippen LogP contribution >= 0.6 is 0 Å². The molecule has 1 aliphatic carbocycles. The highest BCUT2D eigenvalue weighted by Gasteiger charge is 2.51. The quantitative estimate of drug-likeness (QED) is 0.694. The van der Waals surface area contributed by atoms with Gasteiger partial charge in [-0.3, -0.25) is 9.79 Å². The summed E-state index contributed by atoms with van der Waals surface area (Å²) in [7, 11) is 0. The van der Waals surface area contributed by atoms with Crippen molar-refractivity contribution in [1.82, 2.24) is 0 Å². The number of carbonyl (C=O) groups excluding carboxylic acids is 1. The molecule has 6 rings (SSSR count). The molecule has 2 aromatic rings. The van der Waals surface area contributed by atoms with Crippen molar-refractivity contribution in [1.29, 1.82) is 0 Å². The lowest BCUT2D eigenvalue weighted by Crippen LogP contribution is -2.52. The zero-order valence-corrected chi connectivity index (χ0v) is 16.1. The highest BCUT2D eigenvalue weighted by molar-refractivity contribution is 6.12.